The van der Waals surface area contributed by atoms with E-state index in [-0.39, 0.29) is 17.3 Å². The summed E-state index contributed by atoms with van der Waals surface area (Å²) in [6.07, 6.45) is 0. The van der Waals surface area contributed by atoms with Crippen molar-refractivity contribution in [3.63, 3.8) is 0 Å². The highest BCUT2D eigenvalue weighted by molar-refractivity contribution is 5.96. The molecule has 1 N–H and O–H groups in total. The number of aryl methyl sites for hydroxylation is 2. The van der Waals surface area contributed by atoms with Crippen LogP contribution in [-0.4, -0.2) is 35.9 Å². The Balaban J connectivity index is 2.12. The Morgan fingerprint density at radius 3 is 2.56 bits per heavy atom. The lowest BCUT2D eigenvalue weighted by Gasteiger charge is -2.25. The van der Waals surface area contributed by atoms with Gasteiger partial charge in [0, 0.05) is 18.7 Å². The van der Waals surface area contributed by atoms with Gasteiger partial charge in [-0.1, -0.05) is 23.8 Å². The van der Waals surface area contributed by atoms with Crippen LogP contribution in [0.1, 0.15) is 23.6 Å². The molecule has 0 saturated carbocycles. The molecule has 0 unspecified atom stereocenters. The molecule has 0 bridgehead atoms. The standard InChI is InChI=1S/C20H25N3O4/c1-13-6-7-16(14(2)10-13)12-22(4)15(3)20(24)21-18-11-17(23(25)26)8-9-19(18)27-5/h6-11,15H,12H2,1-5H3,(H,21,24)/t15-/m0/s1. The molecule has 0 aromatic heterocycles. The number of likely N-dealkylation sites (N-methyl/N-ethyl adjacent to an activating group) is 1. The van der Waals surface area contributed by atoms with Gasteiger partial charge in [-0.2, -0.15) is 0 Å². The second-order valence-electron chi connectivity index (χ2n) is 6.65. The largest absolute Gasteiger partial charge is 0.495 e. The molecule has 0 heterocycles. The highest BCUT2D eigenvalue weighted by atomic mass is 16.6. The van der Waals surface area contributed by atoms with E-state index in [1.165, 1.54) is 36.4 Å². The monoisotopic (exact) mass is 371 g/mol. The van der Waals surface area contributed by atoms with Gasteiger partial charge in [0.15, 0.2) is 0 Å². The van der Waals surface area contributed by atoms with Crippen LogP contribution in [0.2, 0.25) is 0 Å². The molecule has 0 fully saturated rings. The van der Waals surface area contributed by atoms with Crippen molar-refractivity contribution >= 4 is 17.3 Å². The number of methoxy groups -OCH3 is 1. The topological polar surface area (TPSA) is 84.7 Å². The fraction of sp³-hybridized carbons (Fsp3) is 0.350. The van der Waals surface area contributed by atoms with Crippen molar-refractivity contribution < 1.29 is 14.5 Å². The predicted molar refractivity (Wildman–Crippen MR) is 105 cm³/mol. The summed E-state index contributed by atoms with van der Waals surface area (Å²) in [4.78, 5) is 25.1. The zero-order chi connectivity index (χ0) is 20.1. The van der Waals surface area contributed by atoms with Gasteiger partial charge >= 0.3 is 0 Å². The molecule has 144 valence electrons. The normalized spacial score (nSPS) is 11.9. The van der Waals surface area contributed by atoms with E-state index in [0.29, 0.717) is 12.3 Å². The quantitative estimate of drug-likeness (QED) is 0.593. The molecule has 0 saturated heterocycles. The molecular weight excluding hydrogens is 346 g/mol. The van der Waals surface area contributed by atoms with Gasteiger partial charge in [0.2, 0.25) is 5.91 Å². The highest BCUT2D eigenvalue weighted by Crippen LogP contribution is 2.29. The van der Waals surface area contributed by atoms with Gasteiger partial charge in [-0.05, 0) is 45.0 Å². The van der Waals surface area contributed by atoms with Gasteiger partial charge in [-0.25, -0.2) is 0 Å². The number of non-ortho nitro benzene ring substituents is 1. The Bertz CT molecular complexity index is 851. The summed E-state index contributed by atoms with van der Waals surface area (Å²) in [5, 5.41) is 13.7. The van der Waals surface area contributed by atoms with E-state index in [1.807, 2.05) is 18.9 Å². The fourth-order valence-corrected chi connectivity index (χ4v) is 2.77. The van der Waals surface area contributed by atoms with Crippen molar-refractivity contribution in [2.45, 2.75) is 33.4 Å². The SMILES string of the molecule is COc1ccc([N+](=O)[O-])cc1NC(=O)[C@H](C)N(C)Cc1ccc(C)cc1C. The lowest BCUT2D eigenvalue weighted by Crippen LogP contribution is -2.39. The first-order valence-corrected chi connectivity index (χ1v) is 8.62. The number of amides is 1. The van der Waals surface area contributed by atoms with Gasteiger partial charge < -0.3 is 10.1 Å². The molecule has 0 aliphatic heterocycles. The Labute approximate surface area is 159 Å². The third-order valence-electron chi connectivity index (χ3n) is 4.61. The van der Waals surface area contributed by atoms with Crippen molar-refractivity contribution in [3.8, 4) is 5.75 Å². The molecule has 2 rings (SSSR count). The number of rotatable bonds is 7. The molecular formula is C20H25N3O4. The van der Waals surface area contributed by atoms with Crippen LogP contribution < -0.4 is 10.1 Å². The molecule has 0 spiro atoms. The number of anilines is 1. The average Bonchev–Trinajstić information content (AvgIpc) is 2.63. The molecule has 0 radical (unpaired) electrons. The van der Waals surface area contributed by atoms with E-state index < -0.39 is 11.0 Å². The predicted octanol–water partition coefficient (Wildman–Crippen LogP) is 3.68. The van der Waals surface area contributed by atoms with Crippen LogP contribution in [0, 0.1) is 24.0 Å². The van der Waals surface area contributed by atoms with Crippen LogP contribution in [0.5, 0.6) is 5.75 Å². The summed E-state index contributed by atoms with van der Waals surface area (Å²) in [6.45, 7) is 6.51. The number of carbonyl (C=O) groups excluding carboxylic acids is 1. The van der Waals surface area contributed by atoms with Crippen LogP contribution in [0.4, 0.5) is 11.4 Å². The summed E-state index contributed by atoms with van der Waals surface area (Å²) in [6, 6.07) is 9.90. The molecule has 1 atom stereocenters. The van der Waals surface area contributed by atoms with Crippen molar-refractivity contribution in [1.82, 2.24) is 4.90 Å². The summed E-state index contributed by atoms with van der Waals surface area (Å²) in [7, 11) is 3.32. The maximum atomic E-state index is 12.7. The maximum absolute atomic E-state index is 12.7. The smallest absolute Gasteiger partial charge is 0.271 e. The van der Waals surface area contributed by atoms with Gasteiger partial charge in [-0.3, -0.25) is 19.8 Å². The van der Waals surface area contributed by atoms with Crippen LogP contribution >= 0.6 is 0 Å². The Morgan fingerprint density at radius 1 is 1.26 bits per heavy atom. The Kier molecular flexibility index (Phi) is 6.52. The number of nitro benzene ring substituents is 1. The first-order chi connectivity index (χ1) is 12.7. The van der Waals surface area contributed by atoms with Crippen LogP contribution in [-0.2, 0) is 11.3 Å². The van der Waals surface area contributed by atoms with Gasteiger partial charge in [-0.15, -0.1) is 0 Å². The first kappa shape index (κ1) is 20.4. The molecule has 2 aromatic rings. The molecule has 1 amide bonds. The zero-order valence-corrected chi connectivity index (χ0v) is 16.3. The van der Waals surface area contributed by atoms with E-state index >= 15 is 0 Å². The minimum atomic E-state index is -0.509. The number of carbonyl (C=O) groups is 1. The van der Waals surface area contributed by atoms with Crippen molar-refractivity contribution in [2.24, 2.45) is 0 Å². The van der Waals surface area contributed by atoms with E-state index in [4.69, 9.17) is 4.74 Å². The maximum Gasteiger partial charge on any atom is 0.271 e. The van der Waals surface area contributed by atoms with Crippen LogP contribution in [0.15, 0.2) is 36.4 Å². The van der Waals surface area contributed by atoms with Crippen molar-refractivity contribution in [3.05, 3.63) is 63.2 Å². The zero-order valence-electron chi connectivity index (χ0n) is 16.3. The molecule has 7 nitrogen and oxygen atoms in total. The number of nitrogens with zero attached hydrogens (tertiary/aromatic N) is 2. The molecule has 0 aliphatic rings. The summed E-state index contributed by atoms with van der Waals surface area (Å²) in [5.41, 5.74) is 3.69. The van der Waals surface area contributed by atoms with E-state index in [0.717, 1.165) is 5.56 Å². The second kappa shape index (κ2) is 8.64. The lowest BCUT2D eigenvalue weighted by atomic mass is 10.0. The Hall–Kier alpha value is -2.93. The molecule has 0 aliphatic carbocycles. The molecule has 7 heteroatoms. The average molecular weight is 371 g/mol. The highest BCUT2D eigenvalue weighted by Gasteiger charge is 2.21. The summed E-state index contributed by atoms with van der Waals surface area (Å²) in [5.74, 6) is 0.110. The summed E-state index contributed by atoms with van der Waals surface area (Å²) < 4.78 is 5.19. The second-order valence-corrected chi connectivity index (χ2v) is 6.65. The van der Waals surface area contributed by atoms with E-state index in [1.54, 1.807) is 6.92 Å². The number of nitrogens with one attached hydrogen (secondary N) is 1. The van der Waals surface area contributed by atoms with E-state index in [9.17, 15) is 14.9 Å². The number of hydrogen-bond acceptors (Lipinski definition) is 5. The number of ether oxygens (including phenoxy) is 1. The van der Waals surface area contributed by atoms with Crippen molar-refractivity contribution in [2.75, 3.05) is 19.5 Å². The third kappa shape index (κ3) is 5.04. The third-order valence-corrected chi connectivity index (χ3v) is 4.61. The van der Waals surface area contributed by atoms with E-state index in [2.05, 4.69) is 30.4 Å². The minimum absolute atomic E-state index is 0.109. The summed E-state index contributed by atoms with van der Waals surface area (Å²) >= 11 is 0. The Morgan fingerprint density at radius 2 is 1.96 bits per heavy atom. The van der Waals surface area contributed by atoms with Gasteiger partial charge in [0.25, 0.3) is 5.69 Å². The lowest BCUT2D eigenvalue weighted by molar-refractivity contribution is -0.384. The van der Waals surface area contributed by atoms with Crippen LogP contribution in [0.3, 0.4) is 0 Å². The minimum Gasteiger partial charge on any atom is -0.495 e. The molecule has 27 heavy (non-hydrogen) atoms. The van der Waals surface area contributed by atoms with Crippen molar-refractivity contribution in [1.29, 1.82) is 0 Å². The fourth-order valence-electron chi connectivity index (χ4n) is 2.77. The van der Waals surface area contributed by atoms with Gasteiger partial charge in [0.1, 0.15) is 5.75 Å². The van der Waals surface area contributed by atoms with Gasteiger partial charge in [0.05, 0.1) is 23.8 Å². The molecule has 2 aromatic carbocycles. The van der Waals surface area contributed by atoms with Crippen LogP contribution in [0.25, 0.3) is 0 Å². The first-order valence-electron chi connectivity index (χ1n) is 8.62. The number of hydrogen-bond donors (Lipinski definition) is 1. The number of nitro groups is 1. The number of benzene rings is 2.